The monoisotopic (exact) mass is 608 g/mol. The third-order valence-electron chi connectivity index (χ3n) is 9.55. The molecule has 1 aromatic carbocycles. The summed E-state index contributed by atoms with van der Waals surface area (Å²) in [6.07, 6.45) is 7.65. The topological polar surface area (TPSA) is 111 Å². The van der Waals surface area contributed by atoms with Gasteiger partial charge in [-0.1, -0.05) is 17.9 Å². The third-order valence-corrected chi connectivity index (χ3v) is 10.7. The van der Waals surface area contributed by atoms with Crippen LogP contribution in [-0.2, 0) is 20.9 Å². The van der Waals surface area contributed by atoms with Gasteiger partial charge in [0.15, 0.2) is 0 Å². The standard InChI is InChI=1S/C32H44N6O4S/c33-25-10-18-37(19-11-25)43-36-16-8-23(9-17-36)21-35-14-12-26(13-15-35)42-20-2-4-24-3-1-5-27-28(24)22-38(32(27)41)29-6-7-30(39)34-31(29)40/h1,3,5,23,25-26,29H,6-22,33H2,(H,34,39,40). The number of rotatable bonds is 7. The number of hydrogen-bond acceptors (Lipinski definition) is 9. The predicted molar refractivity (Wildman–Crippen MR) is 165 cm³/mol. The molecule has 5 heterocycles. The number of ether oxygens (including phenoxy) is 1. The van der Waals surface area contributed by atoms with Gasteiger partial charge in [-0.05, 0) is 68.6 Å². The minimum Gasteiger partial charge on any atom is -0.365 e. The molecular formula is C32H44N6O4S. The zero-order valence-electron chi connectivity index (χ0n) is 25.0. The van der Waals surface area contributed by atoms with Gasteiger partial charge in [0.05, 0.1) is 6.10 Å². The van der Waals surface area contributed by atoms with Gasteiger partial charge in [-0.2, -0.15) is 0 Å². The van der Waals surface area contributed by atoms with E-state index in [4.69, 9.17) is 10.5 Å². The van der Waals surface area contributed by atoms with E-state index in [1.165, 1.54) is 32.5 Å². The molecule has 0 aliphatic carbocycles. The summed E-state index contributed by atoms with van der Waals surface area (Å²) in [4.78, 5) is 41.1. The Morgan fingerprint density at radius 1 is 0.930 bits per heavy atom. The molecule has 3 amide bonds. The lowest BCUT2D eigenvalue weighted by Crippen LogP contribution is -2.52. The second-order valence-electron chi connectivity index (χ2n) is 12.6. The predicted octanol–water partition coefficient (Wildman–Crippen LogP) is 1.98. The average molecular weight is 609 g/mol. The third kappa shape index (κ3) is 7.62. The van der Waals surface area contributed by atoms with Gasteiger partial charge in [-0.25, -0.2) is 8.61 Å². The van der Waals surface area contributed by atoms with Crippen molar-refractivity contribution in [2.24, 2.45) is 11.7 Å². The number of carbonyl (C=O) groups excluding carboxylic acids is 3. The molecule has 10 nitrogen and oxygen atoms in total. The maximum absolute atomic E-state index is 13.0. The molecule has 4 saturated heterocycles. The van der Waals surface area contributed by atoms with E-state index < -0.39 is 11.9 Å². The molecule has 232 valence electrons. The lowest BCUT2D eigenvalue weighted by Gasteiger charge is -2.39. The van der Waals surface area contributed by atoms with Crippen molar-refractivity contribution in [1.82, 2.24) is 23.7 Å². The smallest absolute Gasteiger partial charge is 0.255 e. The van der Waals surface area contributed by atoms with Crippen molar-refractivity contribution in [2.75, 3.05) is 52.4 Å². The van der Waals surface area contributed by atoms with Crippen LogP contribution in [-0.4, -0.2) is 107 Å². The molecule has 1 unspecified atom stereocenters. The first-order valence-electron chi connectivity index (χ1n) is 16.0. The van der Waals surface area contributed by atoms with Gasteiger partial charge in [-0.3, -0.25) is 19.7 Å². The highest BCUT2D eigenvalue weighted by atomic mass is 32.2. The average Bonchev–Trinajstić information content (AvgIpc) is 3.35. The van der Waals surface area contributed by atoms with E-state index >= 15 is 0 Å². The number of fused-ring (bicyclic) bond motifs is 1. The Morgan fingerprint density at radius 2 is 1.65 bits per heavy atom. The second kappa shape index (κ2) is 14.1. The first kappa shape index (κ1) is 30.6. The Kier molecular flexibility index (Phi) is 10.0. The van der Waals surface area contributed by atoms with E-state index in [1.54, 1.807) is 11.0 Å². The summed E-state index contributed by atoms with van der Waals surface area (Å²) in [7, 11) is 0. The van der Waals surface area contributed by atoms with Crippen molar-refractivity contribution >= 4 is 29.9 Å². The van der Waals surface area contributed by atoms with E-state index in [9.17, 15) is 14.4 Å². The van der Waals surface area contributed by atoms with Gasteiger partial charge in [0.2, 0.25) is 11.8 Å². The highest BCUT2D eigenvalue weighted by Gasteiger charge is 2.39. The number of likely N-dealkylation sites (tertiary alicyclic amines) is 1. The zero-order chi connectivity index (χ0) is 29.8. The maximum Gasteiger partial charge on any atom is 0.255 e. The number of carbonyl (C=O) groups is 3. The minimum atomic E-state index is -0.621. The Morgan fingerprint density at radius 3 is 2.37 bits per heavy atom. The summed E-state index contributed by atoms with van der Waals surface area (Å²) in [5.41, 5.74) is 8.28. The fourth-order valence-corrected chi connectivity index (χ4v) is 7.99. The summed E-state index contributed by atoms with van der Waals surface area (Å²) in [5, 5.41) is 2.35. The second-order valence-corrected chi connectivity index (χ2v) is 13.8. The number of benzene rings is 1. The van der Waals surface area contributed by atoms with E-state index in [0.29, 0.717) is 31.2 Å². The van der Waals surface area contributed by atoms with Crippen LogP contribution in [0.15, 0.2) is 18.2 Å². The number of nitrogens with one attached hydrogen (secondary N) is 1. The Balaban J connectivity index is 0.904. The molecule has 0 radical (unpaired) electrons. The van der Waals surface area contributed by atoms with E-state index in [-0.39, 0.29) is 24.3 Å². The lowest BCUT2D eigenvalue weighted by molar-refractivity contribution is -0.136. The van der Waals surface area contributed by atoms with E-state index in [2.05, 4.69) is 30.7 Å². The van der Waals surface area contributed by atoms with Crippen molar-refractivity contribution < 1.29 is 19.1 Å². The number of amides is 3. The van der Waals surface area contributed by atoms with Gasteiger partial charge in [-0.15, -0.1) is 0 Å². The SMILES string of the molecule is NC1CCN(SN2CCC(CN3CCC(OCC#Cc4cccc5c4CN(C4CCC(=O)NC4=O)C5=O)CC3)CC2)CC1. The quantitative estimate of drug-likeness (QED) is 0.273. The molecule has 0 spiro atoms. The van der Waals surface area contributed by atoms with Gasteiger partial charge in [0.25, 0.3) is 5.91 Å². The number of nitrogens with zero attached hydrogens (tertiary/aromatic N) is 4. The molecule has 1 aromatic rings. The molecule has 1 atom stereocenters. The van der Waals surface area contributed by atoms with Crippen LogP contribution in [0.5, 0.6) is 0 Å². The zero-order valence-corrected chi connectivity index (χ0v) is 25.8. The van der Waals surface area contributed by atoms with Gasteiger partial charge in [0.1, 0.15) is 12.6 Å². The van der Waals surface area contributed by atoms with Crippen LogP contribution in [0.4, 0.5) is 0 Å². The summed E-state index contributed by atoms with van der Waals surface area (Å²) in [5.74, 6) is 6.28. The van der Waals surface area contributed by atoms with E-state index in [1.807, 2.05) is 24.3 Å². The highest BCUT2D eigenvalue weighted by molar-refractivity contribution is 7.94. The molecule has 0 bridgehead atoms. The molecule has 6 rings (SSSR count). The van der Waals surface area contributed by atoms with Crippen LogP contribution in [0.1, 0.15) is 72.9 Å². The molecule has 5 aliphatic rings. The minimum absolute atomic E-state index is 0.177. The normalized spacial score (nSPS) is 25.5. The largest absolute Gasteiger partial charge is 0.365 e. The van der Waals surface area contributed by atoms with Gasteiger partial charge in [0, 0.05) is 88.1 Å². The maximum atomic E-state index is 13.0. The van der Waals surface area contributed by atoms with Crippen LogP contribution < -0.4 is 11.1 Å². The molecule has 43 heavy (non-hydrogen) atoms. The van der Waals surface area contributed by atoms with Crippen molar-refractivity contribution in [3.8, 4) is 11.8 Å². The summed E-state index contributed by atoms with van der Waals surface area (Å²) in [6.45, 7) is 8.58. The molecule has 11 heteroatoms. The van der Waals surface area contributed by atoms with Crippen molar-refractivity contribution in [3.63, 3.8) is 0 Å². The van der Waals surface area contributed by atoms with Crippen LogP contribution in [0.2, 0.25) is 0 Å². The van der Waals surface area contributed by atoms with Crippen LogP contribution >= 0.6 is 12.1 Å². The van der Waals surface area contributed by atoms with Gasteiger partial charge < -0.3 is 20.3 Å². The van der Waals surface area contributed by atoms with Crippen molar-refractivity contribution in [2.45, 2.75) is 76.1 Å². The summed E-state index contributed by atoms with van der Waals surface area (Å²) < 4.78 is 11.2. The Bertz CT molecular complexity index is 1240. The highest BCUT2D eigenvalue weighted by Crippen LogP contribution is 2.30. The summed E-state index contributed by atoms with van der Waals surface area (Å²) >= 11 is 1.94. The van der Waals surface area contributed by atoms with Gasteiger partial charge >= 0.3 is 0 Å². The van der Waals surface area contributed by atoms with Crippen LogP contribution in [0.3, 0.4) is 0 Å². The molecule has 0 aromatic heterocycles. The van der Waals surface area contributed by atoms with Crippen molar-refractivity contribution in [3.05, 3.63) is 34.9 Å². The Labute approximate surface area is 259 Å². The van der Waals surface area contributed by atoms with E-state index in [0.717, 1.165) is 68.9 Å². The number of piperidine rings is 4. The van der Waals surface area contributed by atoms with Crippen LogP contribution in [0, 0.1) is 17.8 Å². The molecule has 4 fully saturated rings. The summed E-state index contributed by atoms with van der Waals surface area (Å²) in [6, 6.07) is 5.30. The number of imide groups is 1. The number of hydrogen-bond donors (Lipinski definition) is 2. The molecule has 5 aliphatic heterocycles. The fourth-order valence-electron chi connectivity index (χ4n) is 6.91. The lowest BCUT2D eigenvalue weighted by atomic mass is 9.96. The van der Waals surface area contributed by atoms with Crippen LogP contribution in [0.25, 0.3) is 0 Å². The molecule has 3 N–H and O–H groups in total. The first-order chi connectivity index (χ1) is 20.9. The van der Waals surface area contributed by atoms with Crippen molar-refractivity contribution in [1.29, 1.82) is 0 Å². The molecule has 0 saturated carbocycles. The first-order valence-corrected chi connectivity index (χ1v) is 16.7. The number of nitrogens with two attached hydrogens (primary N) is 1. The Hall–Kier alpha value is -2.46. The fraction of sp³-hybridized carbons (Fsp3) is 0.656. The molecular weight excluding hydrogens is 564 g/mol.